The third-order valence-electron chi connectivity index (χ3n) is 4.18. The first-order valence-corrected chi connectivity index (χ1v) is 8.37. The van der Waals surface area contributed by atoms with E-state index >= 15 is 0 Å². The number of carbonyl (C=O) groups excluding carboxylic acids is 2. The zero-order chi connectivity index (χ0) is 18.6. The average molecular weight is 361 g/mol. The summed E-state index contributed by atoms with van der Waals surface area (Å²) in [5.74, 6) is 0.366. The molecule has 0 N–H and O–H groups in total. The molecule has 0 bridgehead atoms. The van der Waals surface area contributed by atoms with Gasteiger partial charge in [-0.25, -0.2) is 0 Å². The minimum absolute atomic E-state index is 0.000115. The van der Waals surface area contributed by atoms with Gasteiger partial charge < -0.3 is 9.47 Å². The van der Waals surface area contributed by atoms with Gasteiger partial charge in [-0.05, 0) is 55.3 Å². The number of Topliss-reactive ketones (excluding diaryl/α,β-unsaturated/α-hetero) is 1. The van der Waals surface area contributed by atoms with Crippen LogP contribution < -0.4 is 9.47 Å². The molecule has 0 amide bonds. The summed E-state index contributed by atoms with van der Waals surface area (Å²) in [6.07, 6.45) is 0.589. The van der Waals surface area contributed by atoms with Gasteiger partial charge in [-0.3, -0.25) is 9.59 Å². The maximum atomic E-state index is 13.0. The first-order valence-electron chi connectivity index (χ1n) is 7.99. The number of hydrogen-bond donors (Lipinski definition) is 0. The van der Waals surface area contributed by atoms with Gasteiger partial charge in [0.25, 0.3) is 0 Å². The van der Waals surface area contributed by atoms with E-state index in [4.69, 9.17) is 21.1 Å². The highest BCUT2D eigenvalue weighted by Crippen LogP contribution is 2.36. The fourth-order valence-corrected chi connectivity index (χ4v) is 2.99. The Morgan fingerprint density at radius 1 is 1.04 bits per heavy atom. The number of halogens is 1. The van der Waals surface area contributed by atoms with Gasteiger partial charge in [0.05, 0.1) is 14.2 Å². The number of ketones is 2. The lowest BCUT2D eigenvalue weighted by atomic mass is 9.86. The number of rotatable bonds is 7. The van der Waals surface area contributed by atoms with Crippen molar-refractivity contribution in [3.05, 3.63) is 58.1 Å². The quantitative estimate of drug-likeness (QED) is 0.673. The minimum Gasteiger partial charge on any atom is -0.493 e. The lowest BCUT2D eigenvalue weighted by Gasteiger charge is -2.19. The Hall–Kier alpha value is -2.33. The molecule has 5 heteroatoms. The topological polar surface area (TPSA) is 52.6 Å². The molecule has 0 aliphatic rings. The highest BCUT2D eigenvalue weighted by molar-refractivity contribution is 6.30. The van der Waals surface area contributed by atoms with E-state index in [1.54, 1.807) is 36.4 Å². The van der Waals surface area contributed by atoms with Crippen molar-refractivity contribution in [3.63, 3.8) is 0 Å². The van der Waals surface area contributed by atoms with Gasteiger partial charge in [0.1, 0.15) is 5.78 Å². The maximum Gasteiger partial charge on any atom is 0.193 e. The van der Waals surface area contributed by atoms with Crippen molar-refractivity contribution in [3.8, 4) is 11.5 Å². The third-order valence-corrected chi connectivity index (χ3v) is 4.43. The van der Waals surface area contributed by atoms with E-state index in [9.17, 15) is 9.59 Å². The largest absolute Gasteiger partial charge is 0.493 e. The Labute approximate surface area is 152 Å². The molecule has 2 rings (SSSR count). The molecule has 25 heavy (non-hydrogen) atoms. The summed E-state index contributed by atoms with van der Waals surface area (Å²) in [7, 11) is 3.04. The molecule has 0 saturated carbocycles. The molecule has 0 radical (unpaired) electrons. The van der Waals surface area contributed by atoms with Crippen LogP contribution in [0.3, 0.4) is 0 Å². The van der Waals surface area contributed by atoms with Gasteiger partial charge >= 0.3 is 0 Å². The molecule has 4 nitrogen and oxygen atoms in total. The Morgan fingerprint density at radius 3 is 2.08 bits per heavy atom. The zero-order valence-corrected chi connectivity index (χ0v) is 15.5. The van der Waals surface area contributed by atoms with E-state index in [1.165, 1.54) is 21.1 Å². The Kier molecular flexibility index (Phi) is 6.21. The standard InChI is InChI=1S/C20H21ClO4/c1-5-15(12(2)22)16-10-18(24-3)19(25-4)11-17(16)20(23)13-6-8-14(21)9-7-13/h6-11,15H,5H2,1-4H3. The van der Waals surface area contributed by atoms with E-state index in [1.807, 2.05) is 6.92 Å². The highest BCUT2D eigenvalue weighted by Gasteiger charge is 2.25. The van der Waals surface area contributed by atoms with E-state index in [0.29, 0.717) is 39.6 Å². The number of ether oxygens (including phenoxy) is 2. The summed E-state index contributed by atoms with van der Waals surface area (Å²) in [4.78, 5) is 25.1. The summed E-state index contributed by atoms with van der Waals surface area (Å²) >= 11 is 5.90. The molecule has 1 unspecified atom stereocenters. The van der Waals surface area contributed by atoms with Crippen molar-refractivity contribution < 1.29 is 19.1 Å². The molecule has 0 heterocycles. The number of methoxy groups -OCH3 is 2. The molecule has 2 aromatic carbocycles. The molecule has 0 fully saturated rings. The lowest BCUT2D eigenvalue weighted by molar-refractivity contribution is -0.118. The van der Waals surface area contributed by atoms with Crippen LogP contribution >= 0.6 is 11.6 Å². The average Bonchev–Trinajstić information content (AvgIpc) is 2.61. The van der Waals surface area contributed by atoms with Crippen LogP contribution in [0.4, 0.5) is 0 Å². The number of benzene rings is 2. The van der Waals surface area contributed by atoms with E-state index in [-0.39, 0.29) is 17.5 Å². The fourth-order valence-electron chi connectivity index (χ4n) is 2.86. The SMILES string of the molecule is CCC(C(C)=O)c1cc(OC)c(OC)cc1C(=O)c1ccc(Cl)cc1. The monoisotopic (exact) mass is 360 g/mol. The van der Waals surface area contributed by atoms with Crippen molar-refractivity contribution in [1.82, 2.24) is 0 Å². The first-order chi connectivity index (χ1) is 11.9. The van der Waals surface area contributed by atoms with Gasteiger partial charge in [0.15, 0.2) is 17.3 Å². The second-order valence-electron chi connectivity index (χ2n) is 5.70. The molecule has 0 aliphatic carbocycles. The van der Waals surface area contributed by atoms with E-state index < -0.39 is 0 Å². The van der Waals surface area contributed by atoms with Crippen LogP contribution in [0.15, 0.2) is 36.4 Å². The Balaban J connectivity index is 2.66. The molecular formula is C20H21ClO4. The van der Waals surface area contributed by atoms with Crippen LogP contribution in [0.1, 0.15) is 47.7 Å². The second kappa shape index (κ2) is 8.17. The van der Waals surface area contributed by atoms with Gasteiger partial charge in [0, 0.05) is 22.1 Å². The lowest BCUT2D eigenvalue weighted by Crippen LogP contribution is -2.14. The van der Waals surface area contributed by atoms with Gasteiger partial charge in [0.2, 0.25) is 0 Å². The van der Waals surface area contributed by atoms with Gasteiger partial charge in [-0.15, -0.1) is 0 Å². The van der Waals surface area contributed by atoms with Crippen LogP contribution in [-0.2, 0) is 4.79 Å². The zero-order valence-electron chi connectivity index (χ0n) is 14.8. The molecule has 0 saturated heterocycles. The summed E-state index contributed by atoms with van der Waals surface area (Å²) in [6.45, 7) is 3.45. The summed E-state index contributed by atoms with van der Waals surface area (Å²) in [5.41, 5.74) is 1.57. The Bertz CT molecular complexity index is 781. The van der Waals surface area contributed by atoms with Crippen molar-refractivity contribution in [2.75, 3.05) is 14.2 Å². The summed E-state index contributed by atoms with van der Waals surface area (Å²) < 4.78 is 10.7. The minimum atomic E-state index is -0.383. The van der Waals surface area contributed by atoms with Crippen LogP contribution in [-0.4, -0.2) is 25.8 Å². The number of hydrogen-bond acceptors (Lipinski definition) is 4. The van der Waals surface area contributed by atoms with Gasteiger partial charge in [-0.1, -0.05) is 18.5 Å². The van der Waals surface area contributed by atoms with Crippen LogP contribution in [0, 0.1) is 0 Å². The van der Waals surface area contributed by atoms with Crippen molar-refractivity contribution in [2.24, 2.45) is 0 Å². The normalized spacial score (nSPS) is 11.7. The van der Waals surface area contributed by atoms with E-state index in [0.717, 1.165) is 0 Å². The van der Waals surface area contributed by atoms with Crippen LogP contribution in [0.2, 0.25) is 5.02 Å². The molecular weight excluding hydrogens is 340 g/mol. The smallest absolute Gasteiger partial charge is 0.193 e. The molecule has 1 atom stereocenters. The van der Waals surface area contributed by atoms with Crippen LogP contribution in [0.25, 0.3) is 0 Å². The highest BCUT2D eigenvalue weighted by atomic mass is 35.5. The number of carbonyl (C=O) groups is 2. The van der Waals surface area contributed by atoms with Crippen molar-refractivity contribution in [2.45, 2.75) is 26.2 Å². The second-order valence-corrected chi connectivity index (χ2v) is 6.14. The predicted octanol–water partition coefficient (Wildman–Crippen LogP) is 4.67. The molecule has 0 aliphatic heterocycles. The van der Waals surface area contributed by atoms with E-state index in [2.05, 4.69) is 0 Å². The third kappa shape index (κ3) is 4.02. The fraction of sp³-hybridized carbons (Fsp3) is 0.300. The van der Waals surface area contributed by atoms with Crippen molar-refractivity contribution in [1.29, 1.82) is 0 Å². The van der Waals surface area contributed by atoms with Gasteiger partial charge in [-0.2, -0.15) is 0 Å². The summed E-state index contributed by atoms with van der Waals surface area (Å²) in [6, 6.07) is 10.0. The summed E-state index contributed by atoms with van der Waals surface area (Å²) in [5, 5.41) is 0.555. The van der Waals surface area contributed by atoms with Crippen molar-refractivity contribution >= 4 is 23.2 Å². The molecule has 0 aromatic heterocycles. The molecule has 132 valence electrons. The first kappa shape index (κ1) is 19.0. The molecule has 2 aromatic rings. The predicted molar refractivity (Wildman–Crippen MR) is 98.1 cm³/mol. The van der Waals surface area contributed by atoms with Crippen LogP contribution in [0.5, 0.6) is 11.5 Å². The molecule has 0 spiro atoms. The Morgan fingerprint density at radius 2 is 1.60 bits per heavy atom. The maximum absolute atomic E-state index is 13.0.